The Labute approximate surface area is 192 Å². The van der Waals surface area contributed by atoms with Crippen LogP contribution in [0.5, 0.6) is 0 Å². The van der Waals surface area contributed by atoms with Crippen molar-refractivity contribution < 1.29 is 17.6 Å². The first-order chi connectivity index (χ1) is 15.8. The van der Waals surface area contributed by atoms with E-state index in [1.54, 1.807) is 25.1 Å². The summed E-state index contributed by atoms with van der Waals surface area (Å²) in [5.41, 5.74) is 1.31. The number of hydrogen-bond donors (Lipinski definition) is 1. The minimum absolute atomic E-state index is 0.0270. The third-order valence-corrected chi connectivity index (χ3v) is 5.46. The van der Waals surface area contributed by atoms with E-state index >= 15 is 0 Å². The summed E-state index contributed by atoms with van der Waals surface area (Å²) >= 11 is 5.97. The monoisotopic (exact) mass is 474 g/mol. The second kappa shape index (κ2) is 9.31. The number of rotatable bonds is 6. The molecular formula is C24H19ClF4N4. The number of fused-ring (bicyclic) bond motifs is 1. The van der Waals surface area contributed by atoms with Crippen LogP contribution in [0.3, 0.4) is 0 Å². The number of anilines is 2. The second-order valence-corrected chi connectivity index (χ2v) is 7.82. The molecule has 0 aliphatic heterocycles. The van der Waals surface area contributed by atoms with Gasteiger partial charge in [-0.3, -0.25) is 9.37 Å². The predicted molar refractivity (Wildman–Crippen MR) is 121 cm³/mol. The van der Waals surface area contributed by atoms with Gasteiger partial charge in [-0.05, 0) is 42.0 Å². The topological polar surface area (TPSA) is 50.7 Å². The minimum Gasteiger partial charge on any atom is -0.340 e. The summed E-state index contributed by atoms with van der Waals surface area (Å²) in [5.74, 6) is 0.613. The van der Waals surface area contributed by atoms with Crippen molar-refractivity contribution in [3.05, 3.63) is 77.7 Å². The Morgan fingerprint density at radius 2 is 1.79 bits per heavy atom. The van der Waals surface area contributed by atoms with Gasteiger partial charge in [0.15, 0.2) is 0 Å². The van der Waals surface area contributed by atoms with Crippen molar-refractivity contribution in [2.24, 2.45) is 0 Å². The van der Waals surface area contributed by atoms with Gasteiger partial charge in [0.25, 0.3) is 0 Å². The third-order valence-electron chi connectivity index (χ3n) is 5.22. The molecule has 2 aromatic carbocycles. The van der Waals surface area contributed by atoms with Crippen LogP contribution < -0.4 is 5.32 Å². The molecule has 170 valence electrons. The third kappa shape index (κ3) is 4.90. The molecule has 0 radical (unpaired) electrons. The molecule has 0 fully saturated rings. The molecule has 0 saturated heterocycles. The lowest BCUT2D eigenvalue weighted by molar-refractivity contribution is -0.137. The van der Waals surface area contributed by atoms with Crippen LogP contribution in [-0.2, 0) is 12.1 Å². The minimum atomic E-state index is -4.54. The normalized spacial score (nSPS) is 12.7. The van der Waals surface area contributed by atoms with Crippen LogP contribution in [0.25, 0.3) is 22.2 Å². The molecule has 1 N–H and O–H groups in total. The number of nitrogens with one attached hydrogen (secondary N) is 1. The first-order valence-electron chi connectivity index (χ1n) is 10.1. The Morgan fingerprint density at radius 3 is 2.45 bits per heavy atom. The van der Waals surface area contributed by atoms with E-state index in [0.29, 0.717) is 22.5 Å². The zero-order chi connectivity index (χ0) is 23.6. The molecule has 1 atom stereocenters. The molecule has 4 nitrogen and oxygen atoms in total. The van der Waals surface area contributed by atoms with Crippen LogP contribution in [0.2, 0.25) is 0 Å². The van der Waals surface area contributed by atoms with E-state index in [9.17, 15) is 17.6 Å². The van der Waals surface area contributed by atoms with Gasteiger partial charge >= 0.3 is 6.18 Å². The zero-order valence-corrected chi connectivity index (χ0v) is 18.3. The van der Waals surface area contributed by atoms with Crippen LogP contribution in [-0.4, -0.2) is 21.6 Å². The maximum atomic E-state index is 13.5. The predicted octanol–water partition coefficient (Wildman–Crippen LogP) is 7.27. The second-order valence-electron chi connectivity index (χ2n) is 7.55. The molecule has 0 amide bonds. The Balaban J connectivity index is 1.76. The fourth-order valence-corrected chi connectivity index (χ4v) is 3.58. The van der Waals surface area contributed by atoms with Crippen LogP contribution in [0.4, 0.5) is 29.1 Å². The summed E-state index contributed by atoms with van der Waals surface area (Å²) in [6.07, 6.45) is -3.22. The molecule has 0 aliphatic carbocycles. The summed E-state index contributed by atoms with van der Waals surface area (Å²) in [5, 5.41) is 3.81. The molecule has 0 aliphatic rings. The lowest BCUT2D eigenvalue weighted by atomic mass is 10.0. The van der Waals surface area contributed by atoms with Crippen molar-refractivity contribution >= 4 is 34.0 Å². The van der Waals surface area contributed by atoms with E-state index in [-0.39, 0.29) is 23.1 Å². The molecule has 9 heteroatoms. The van der Waals surface area contributed by atoms with Gasteiger partial charge in [-0.2, -0.15) is 13.2 Å². The summed E-state index contributed by atoms with van der Waals surface area (Å²) in [7, 11) is 0. The highest BCUT2D eigenvalue weighted by Crippen LogP contribution is 2.37. The van der Waals surface area contributed by atoms with Gasteiger partial charge in [-0.25, -0.2) is 9.97 Å². The van der Waals surface area contributed by atoms with Crippen molar-refractivity contribution in [2.45, 2.75) is 24.9 Å². The van der Waals surface area contributed by atoms with E-state index in [1.165, 1.54) is 12.3 Å². The highest BCUT2D eigenvalue weighted by molar-refractivity contribution is 6.16. The van der Waals surface area contributed by atoms with Crippen molar-refractivity contribution in [3.63, 3.8) is 0 Å². The van der Waals surface area contributed by atoms with Crippen molar-refractivity contribution in [3.8, 4) is 11.3 Å². The number of benzene rings is 2. The summed E-state index contributed by atoms with van der Waals surface area (Å²) in [4.78, 5) is 12.8. The summed E-state index contributed by atoms with van der Waals surface area (Å²) in [6, 6.07) is 14.3. The molecule has 4 rings (SSSR count). The maximum Gasteiger partial charge on any atom is 0.418 e. The van der Waals surface area contributed by atoms with Crippen LogP contribution in [0.15, 0.2) is 60.8 Å². The number of halogens is 5. The SMILES string of the molecule is CC(CF)c1ccc(Nc2nc(CCl)nc3cc(-c4ncccc4C(F)(F)F)ccc23)cc1. The number of nitrogens with zero attached hydrogens (tertiary/aromatic N) is 3. The Hall–Kier alpha value is -3.26. The molecule has 33 heavy (non-hydrogen) atoms. The molecular weight excluding hydrogens is 456 g/mol. The summed E-state index contributed by atoms with van der Waals surface area (Å²) in [6.45, 7) is 1.35. The number of aromatic nitrogens is 3. The molecule has 2 heterocycles. The first-order valence-corrected chi connectivity index (χ1v) is 10.7. The average molecular weight is 475 g/mol. The molecule has 4 aromatic rings. The molecule has 0 spiro atoms. The van der Waals surface area contributed by atoms with Gasteiger partial charge < -0.3 is 5.32 Å². The Kier molecular flexibility index (Phi) is 6.47. The largest absolute Gasteiger partial charge is 0.418 e. The standard InChI is InChI=1S/C24H19ClF4N4/c1-14(13-26)15-4-7-17(8-5-15)31-23-18-9-6-16(11-20(18)32-21(12-25)33-23)22-19(24(27,28)29)3-2-10-30-22/h2-11,14H,12-13H2,1H3,(H,31,32,33). The van der Waals surface area contributed by atoms with Crippen molar-refractivity contribution in [1.29, 1.82) is 0 Å². The average Bonchev–Trinajstić information content (AvgIpc) is 2.83. The smallest absolute Gasteiger partial charge is 0.340 e. The van der Waals surface area contributed by atoms with Crippen LogP contribution in [0, 0.1) is 0 Å². The Bertz CT molecular complexity index is 1280. The van der Waals surface area contributed by atoms with Gasteiger partial charge in [0.1, 0.15) is 11.6 Å². The van der Waals surface area contributed by atoms with E-state index in [4.69, 9.17) is 11.6 Å². The maximum absolute atomic E-state index is 13.5. The van der Waals surface area contributed by atoms with Gasteiger partial charge in [-0.15, -0.1) is 11.6 Å². The lowest BCUT2D eigenvalue weighted by Gasteiger charge is -2.14. The van der Waals surface area contributed by atoms with Gasteiger partial charge in [0, 0.05) is 28.8 Å². The van der Waals surface area contributed by atoms with Gasteiger partial charge in [0.05, 0.1) is 29.3 Å². The number of hydrogen-bond acceptors (Lipinski definition) is 4. The van der Waals surface area contributed by atoms with E-state index in [1.807, 2.05) is 24.3 Å². The fourth-order valence-electron chi connectivity index (χ4n) is 3.46. The highest BCUT2D eigenvalue weighted by Gasteiger charge is 2.34. The van der Waals surface area contributed by atoms with Gasteiger partial charge in [-0.1, -0.05) is 25.1 Å². The molecule has 1 unspecified atom stereocenters. The van der Waals surface area contributed by atoms with E-state index in [0.717, 1.165) is 17.3 Å². The van der Waals surface area contributed by atoms with Gasteiger partial charge in [0.2, 0.25) is 0 Å². The zero-order valence-electron chi connectivity index (χ0n) is 17.5. The van der Waals surface area contributed by atoms with E-state index < -0.39 is 18.4 Å². The van der Waals surface area contributed by atoms with Crippen molar-refractivity contribution in [2.75, 3.05) is 12.0 Å². The fraction of sp³-hybridized carbons (Fsp3) is 0.208. The number of pyridine rings is 1. The van der Waals surface area contributed by atoms with Crippen molar-refractivity contribution in [1.82, 2.24) is 15.0 Å². The Morgan fingerprint density at radius 1 is 1.03 bits per heavy atom. The molecule has 0 bridgehead atoms. The highest BCUT2D eigenvalue weighted by atomic mass is 35.5. The summed E-state index contributed by atoms with van der Waals surface area (Å²) < 4.78 is 53.3. The van der Waals surface area contributed by atoms with Crippen LogP contribution >= 0.6 is 11.6 Å². The quantitative estimate of drug-likeness (QED) is 0.236. The molecule has 0 saturated carbocycles. The first kappa shape index (κ1) is 22.9. The van der Waals surface area contributed by atoms with E-state index in [2.05, 4.69) is 20.3 Å². The lowest BCUT2D eigenvalue weighted by Crippen LogP contribution is -2.08. The number of alkyl halides is 5. The van der Waals surface area contributed by atoms with Crippen LogP contribution in [0.1, 0.15) is 29.8 Å². The molecule has 2 aromatic heterocycles.